The molecule has 1 atom stereocenters. The minimum atomic E-state index is -0.475. The van der Waals surface area contributed by atoms with Crippen LogP contribution in [0.3, 0.4) is 0 Å². The van der Waals surface area contributed by atoms with Crippen molar-refractivity contribution in [2.75, 3.05) is 19.6 Å². The molecule has 30 heavy (non-hydrogen) atoms. The minimum Gasteiger partial charge on any atom is -0.387 e. The third-order valence-corrected chi connectivity index (χ3v) is 6.12. The first-order valence-electron chi connectivity index (χ1n) is 11.1. The molecule has 4 heteroatoms. The van der Waals surface area contributed by atoms with Crippen molar-refractivity contribution in [2.45, 2.75) is 58.5 Å². The van der Waals surface area contributed by atoms with Crippen molar-refractivity contribution < 1.29 is 5.11 Å². The van der Waals surface area contributed by atoms with Crippen LogP contribution in [0.5, 0.6) is 0 Å². The van der Waals surface area contributed by atoms with E-state index < -0.39 is 6.10 Å². The summed E-state index contributed by atoms with van der Waals surface area (Å²) < 4.78 is 0. The van der Waals surface area contributed by atoms with Crippen molar-refractivity contribution in [1.82, 2.24) is 4.90 Å². The summed E-state index contributed by atoms with van der Waals surface area (Å²) >= 11 is 6.47. The van der Waals surface area contributed by atoms with Gasteiger partial charge in [-0.2, -0.15) is 0 Å². The van der Waals surface area contributed by atoms with E-state index in [1.54, 1.807) is 0 Å². The number of halogens is 2. The Morgan fingerprint density at radius 3 is 2.10 bits per heavy atom. The van der Waals surface area contributed by atoms with Gasteiger partial charge in [-0.05, 0) is 59.8 Å². The Hall–Kier alpha value is -1.32. The largest absolute Gasteiger partial charge is 0.387 e. The maximum absolute atomic E-state index is 11.0. The van der Waals surface area contributed by atoms with Gasteiger partial charge in [0, 0.05) is 17.0 Å². The molecule has 0 spiro atoms. The smallest absolute Gasteiger partial charge is 0.0917 e. The van der Waals surface area contributed by atoms with Gasteiger partial charge < -0.3 is 10.0 Å². The van der Waals surface area contributed by atoms with Gasteiger partial charge in [0.2, 0.25) is 0 Å². The fraction of sp³-hybridized carbons (Fsp3) is 0.462. The number of benzene rings is 3. The molecule has 0 amide bonds. The van der Waals surface area contributed by atoms with E-state index in [1.165, 1.54) is 38.5 Å². The highest BCUT2D eigenvalue weighted by atomic mass is 35.5. The molecule has 0 fully saturated rings. The minimum absolute atomic E-state index is 0. The molecule has 0 saturated carbocycles. The molecule has 3 aromatic rings. The lowest BCUT2D eigenvalue weighted by molar-refractivity contribution is 0.110. The van der Waals surface area contributed by atoms with Crippen LogP contribution in [0.4, 0.5) is 0 Å². The van der Waals surface area contributed by atoms with E-state index in [9.17, 15) is 5.11 Å². The van der Waals surface area contributed by atoms with Crippen molar-refractivity contribution in [3.8, 4) is 0 Å². The lowest BCUT2D eigenvalue weighted by Crippen LogP contribution is -2.30. The van der Waals surface area contributed by atoms with Crippen LogP contribution in [0.1, 0.15) is 64.0 Å². The summed E-state index contributed by atoms with van der Waals surface area (Å²) in [6, 6.07) is 16.5. The zero-order valence-corrected chi connectivity index (χ0v) is 19.8. The lowest BCUT2D eigenvalue weighted by atomic mass is 9.98. The highest BCUT2D eigenvalue weighted by Crippen LogP contribution is 2.33. The van der Waals surface area contributed by atoms with Crippen LogP contribution in [-0.2, 0) is 0 Å². The molecule has 3 aromatic carbocycles. The molecule has 0 aliphatic rings. The summed E-state index contributed by atoms with van der Waals surface area (Å²) in [5, 5.41) is 16.3. The number of unbranched alkanes of at least 4 members (excludes halogenated alkanes) is 4. The first-order chi connectivity index (χ1) is 14.1. The summed E-state index contributed by atoms with van der Waals surface area (Å²) in [5.41, 5.74) is 0.987. The van der Waals surface area contributed by atoms with Crippen LogP contribution >= 0.6 is 24.0 Å². The van der Waals surface area contributed by atoms with Crippen molar-refractivity contribution in [2.24, 2.45) is 0 Å². The first kappa shape index (κ1) is 24.9. The zero-order chi connectivity index (χ0) is 20.6. The maximum Gasteiger partial charge on any atom is 0.0917 e. The molecule has 1 unspecified atom stereocenters. The average molecular weight is 448 g/mol. The number of rotatable bonds is 11. The SMILES string of the molecule is CCCCCN(CCCCC)CC(O)c1ccc2cc(Cl)c3ccccc3c2c1.Cl. The highest BCUT2D eigenvalue weighted by molar-refractivity contribution is 6.37. The molecule has 3 rings (SSSR count). The highest BCUT2D eigenvalue weighted by Gasteiger charge is 2.15. The molecule has 0 saturated heterocycles. The van der Waals surface area contributed by atoms with E-state index in [0.717, 1.165) is 45.2 Å². The van der Waals surface area contributed by atoms with Gasteiger partial charge in [0.05, 0.1) is 6.10 Å². The fourth-order valence-electron chi connectivity index (χ4n) is 4.10. The fourth-order valence-corrected chi connectivity index (χ4v) is 4.38. The number of hydrogen-bond donors (Lipinski definition) is 1. The number of fused-ring (bicyclic) bond motifs is 3. The van der Waals surface area contributed by atoms with E-state index in [-0.39, 0.29) is 12.4 Å². The number of aliphatic hydroxyl groups excluding tert-OH is 1. The van der Waals surface area contributed by atoms with Crippen LogP contribution in [0.15, 0.2) is 48.5 Å². The summed E-state index contributed by atoms with van der Waals surface area (Å²) in [6.45, 7) is 7.32. The van der Waals surface area contributed by atoms with Crippen LogP contribution in [0, 0.1) is 0 Å². The molecule has 164 valence electrons. The second-order valence-corrected chi connectivity index (χ2v) is 8.52. The predicted octanol–water partition coefficient (Wildman–Crippen LogP) is 7.78. The molecule has 0 heterocycles. The van der Waals surface area contributed by atoms with Gasteiger partial charge in [0.15, 0.2) is 0 Å². The molecule has 0 radical (unpaired) electrons. The van der Waals surface area contributed by atoms with Crippen molar-refractivity contribution in [3.05, 3.63) is 59.1 Å². The monoisotopic (exact) mass is 447 g/mol. The Morgan fingerprint density at radius 2 is 1.47 bits per heavy atom. The van der Waals surface area contributed by atoms with Gasteiger partial charge in [-0.25, -0.2) is 0 Å². The second kappa shape index (κ2) is 12.5. The van der Waals surface area contributed by atoms with Crippen LogP contribution in [0.25, 0.3) is 21.5 Å². The van der Waals surface area contributed by atoms with E-state index in [1.807, 2.05) is 24.3 Å². The first-order valence-corrected chi connectivity index (χ1v) is 11.5. The summed E-state index contributed by atoms with van der Waals surface area (Å²) in [7, 11) is 0. The maximum atomic E-state index is 11.0. The quantitative estimate of drug-likeness (QED) is 0.239. The number of hydrogen-bond acceptors (Lipinski definition) is 2. The molecule has 0 aromatic heterocycles. The summed E-state index contributed by atoms with van der Waals surface area (Å²) in [4.78, 5) is 2.44. The van der Waals surface area contributed by atoms with E-state index in [0.29, 0.717) is 6.54 Å². The van der Waals surface area contributed by atoms with E-state index in [2.05, 4.69) is 43.0 Å². The predicted molar refractivity (Wildman–Crippen MR) is 134 cm³/mol. The summed E-state index contributed by atoms with van der Waals surface area (Å²) in [6.07, 6.45) is 6.90. The van der Waals surface area contributed by atoms with Gasteiger partial charge in [0.25, 0.3) is 0 Å². The van der Waals surface area contributed by atoms with Crippen LogP contribution in [0.2, 0.25) is 5.02 Å². The topological polar surface area (TPSA) is 23.5 Å². The van der Waals surface area contributed by atoms with Gasteiger partial charge in [-0.15, -0.1) is 12.4 Å². The molecule has 0 aliphatic carbocycles. The third-order valence-electron chi connectivity index (χ3n) is 5.81. The Bertz CT molecular complexity index is 917. The van der Waals surface area contributed by atoms with E-state index >= 15 is 0 Å². The molecular weight excluding hydrogens is 413 g/mol. The Labute approximate surface area is 192 Å². The number of nitrogens with zero attached hydrogens (tertiary/aromatic N) is 1. The van der Waals surface area contributed by atoms with E-state index in [4.69, 9.17) is 11.6 Å². The third kappa shape index (κ3) is 6.34. The van der Waals surface area contributed by atoms with Crippen LogP contribution in [-0.4, -0.2) is 29.6 Å². The van der Waals surface area contributed by atoms with Gasteiger partial charge in [-0.1, -0.05) is 87.5 Å². The molecule has 0 bridgehead atoms. The Morgan fingerprint density at radius 1 is 0.833 bits per heavy atom. The van der Waals surface area contributed by atoms with Crippen molar-refractivity contribution >= 4 is 45.6 Å². The molecule has 0 aliphatic heterocycles. The average Bonchev–Trinajstić information content (AvgIpc) is 2.74. The summed E-state index contributed by atoms with van der Waals surface area (Å²) in [5.74, 6) is 0. The number of aliphatic hydroxyl groups is 1. The van der Waals surface area contributed by atoms with Crippen molar-refractivity contribution in [3.63, 3.8) is 0 Å². The molecule has 1 N–H and O–H groups in total. The molecule has 2 nitrogen and oxygen atoms in total. The lowest BCUT2D eigenvalue weighted by Gasteiger charge is -2.25. The standard InChI is InChI=1S/C26H34ClNO.ClH/c1-3-5-9-15-28(16-10-6-4-2)19-26(29)21-14-13-20-18-25(27)23-12-8-7-11-22(23)24(20)17-21;/h7-8,11-14,17-18,26,29H,3-6,9-10,15-16,19H2,1-2H3;1H. The van der Waals surface area contributed by atoms with Crippen LogP contribution < -0.4 is 0 Å². The van der Waals surface area contributed by atoms with Gasteiger partial charge in [0.1, 0.15) is 0 Å². The van der Waals surface area contributed by atoms with Gasteiger partial charge >= 0.3 is 0 Å². The molecular formula is C26H35Cl2NO. The zero-order valence-electron chi connectivity index (χ0n) is 18.2. The van der Waals surface area contributed by atoms with Gasteiger partial charge in [-0.3, -0.25) is 0 Å². The Kier molecular flexibility index (Phi) is 10.4. The van der Waals surface area contributed by atoms with Crippen molar-refractivity contribution in [1.29, 1.82) is 0 Å². The Balaban J connectivity index is 0.00000320. The second-order valence-electron chi connectivity index (χ2n) is 8.12. The normalized spacial score (nSPS) is 12.4.